The minimum absolute atomic E-state index is 0.0531. The van der Waals surface area contributed by atoms with Gasteiger partial charge < -0.3 is 34.6 Å². The predicted octanol–water partition coefficient (Wildman–Crippen LogP) is 5.78. The lowest BCUT2D eigenvalue weighted by atomic mass is 9.94. The molecule has 0 aliphatic carbocycles. The van der Waals surface area contributed by atoms with Crippen LogP contribution >= 0.6 is 11.3 Å². The van der Waals surface area contributed by atoms with Crippen LogP contribution in [0.2, 0.25) is 0 Å². The summed E-state index contributed by atoms with van der Waals surface area (Å²) >= 11 is 1.47. The molecule has 5 aromatic rings. The second-order valence-corrected chi connectivity index (χ2v) is 17.1. The fraction of sp³-hybridized carbons (Fsp3) is 0.340. The van der Waals surface area contributed by atoms with Crippen LogP contribution in [0.1, 0.15) is 58.1 Å². The van der Waals surface area contributed by atoms with E-state index in [2.05, 4.69) is 16.7 Å². The van der Waals surface area contributed by atoms with Gasteiger partial charge in [-0.3, -0.25) is 29.4 Å². The number of phenolic OH excluding ortho intramolecular Hbond substituents is 1. The van der Waals surface area contributed by atoms with Crippen molar-refractivity contribution in [1.29, 1.82) is 0 Å². The van der Waals surface area contributed by atoms with Gasteiger partial charge in [-0.1, -0.05) is 55.5 Å². The molecule has 3 N–H and O–H groups in total. The standard InChI is InChI=1S/C47H48N6O8S/c1-2-44(56)50-24-33(25-50)52-23-32-10-9-31(37-21-34(54)19-30-5-3-4-6-36(30)37)20-41(32)51(47(52)59)16-18-60-17-15-48-22-29-7-11-35(12-8-29)61-27-42-38-26-53(46(58)39(38)28-62-42)40-13-14-43(55)49-45(40)57/h3-12,19-21,28,33,40,48,54H,2,13-18,22-27H2,1H3,(H,49,55,57). The van der Waals surface area contributed by atoms with Crippen LogP contribution in [0.15, 0.2) is 84.2 Å². The van der Waals surface area contributed by atoms with Crippen LogP contribution in [0.3, 0.4) is 0 Å². The van der Waals surface area contributed by atoms with Gasteiger partial charge in [0, 0.05) is 67.9 Å². The number of amides is 6. The van der Waals surface area contributed by atoms with E-state index in [0.29, 0.717) is 89.8 Å². The number of hydrogen-bond donors (Lipinski definition) is 3. The molecule has 0 spiro atoms. The fourth-order valence-electron chi connectivity index (χ4n) is 8.75. The van der Waals surface area contributed by atoms with Crippen LogP contribution in [0, 0.1) is 0 Å². The Balaban J connectivity index is 0.769. The van der Waals surface area contributed by atoms with Gasteiger partial charge in [-0.15, -0.1) is 11.3 Å². The Morgan fingerprint density at radius 3 is 2.56 bits per heavy atom. The minimum Gasteiger partial charge on any atom is -0.508 e. The summed E-state index contributed by atoms with van der Waals surface area (Å²) in [5, 5.41) is 20.1. The Labute approximate surface area is 363 Å². The van der Waals surface area contributed by atoms with E-state index in [4.69, 9.17) is 9.47 Å². The maximum atomic E-state index is 14.2. The average molecular weight is 857 g/mol. The number of piperidine rings is 1. The van der Waals surface area contributed by atoms with E-state index < -0.39 is 11.9 Å². The summed E-state index contributed by atoms with van der Waals surface area (Å²) in [7, 11) is 0. The van der Waals surface area contributed by atoms with Crippen molar-refractivity contribution in [3.8, 4) is 22.6 Å². The Morgan fingerprint density at radius 1 is 0.935 bits per heavy atom. The zero-order valence-electron chi connectivity index (χ0n) is 34.4. The first-order valence-corrected chi connectivity index (χ1v) is 22.0. The highest BCUT2D eigenvalue weighted by molar-refractivity contribution is 7.10. The molecule has 0 bridgehead atoms. The number of thiophene rings is 1. The normalized spacial score (nSPS) is 17.7. The quantitative estimate of drug-likeness (QED) is 0.0876. The number of carbonyl (C=O) groups is 5. The number of rotatable bonds is 15. The topological polar surface area (TPSA) is 161 Å². The second kappa shape index (κ2) is 17.6. The number of ether oxygens (including phenoxy) is 2. The summed E-state index contributed by atoms with van der Waals surface area (Å²) in [6.07, 6.45) is 0.986. The fourth-order valence-corrected chi connectivity index (χ4v) is 9.70. The molecule has 0 saturated carbocycles. The second-order valence-electron chi connectivity index (χ2n) is 16.1. The first-order valence-electron chi connectivity index (χ1n) is 21.1. The SMILES string of the molecule is CCC(=O)N1CC(N2Cc3ccc(-c4cc(O)cc5ccccc45)cc3N(CCOCCNCc3ccc(OCc4scc5c4CN(C4CCC(=O)NC4=O)C5=O)cc3)C2=O)C1. The molecule has 2 saturated heterocycles. The third kappa shape index (κ3) is 8.22. The monoisotopic (exact) mass is 856 g/mol. The van der Waals surface area contributed by atoms with Crippen molar-refractivity contribution in [2.75, 3.05) is 44.3 Å². The molecule has 4 aromatic carbocycles. The van der Waals surface area contributed by atoms with Gasteiger partial charge in [0.15, 0.2) is 0 Å². The van der Waals surface area contributed by atoms with E-state index >= 15 is 0 Å². The lowest BCUT2D eigenvalue weighted by Crippen LogP contribution is -2.65. The molecule has 6 amide bonds. The van der Waals surface area contributed by atoms with Gasteiger partial charge >= 0.3 is 6.03 Å². The zero-order chi connectivity index (χ0) is 42.9. The summed E-state index contributed by atoms with van der Waals surface area (Å²) in [6.45, 7) is 6.33. The molecule has 9 rings (SSSR count). The maximum Gasteiger partial charge on any atom is 0.325 e. The number of aromatic hydroxyl groups is 1. The van der Waals surface area contributed by atoms with E-state index in [1.807, 2.05) is 77.9 Å². The molecule has 14 nitrogen and oxygen atoms in total. The third-order valence-corrected chi connectivity index (χ3v) is 13.2. The number of hydrogen-bond acceptors (Lipinski definition) is 10. The number of likely N-dealkylation sites (tertiary alicyclic amines) is 1. The first kappa shape index (κ1) is 41.1. The Kier molecular flexibility index (Phi) is 11.7. The smallest absolute Gasteiger partial charge is 0.325 e. The van der Waals surface area contributed by atoms with Gasteiger partial charge in [0.05, 0.1) is 37.1 Å². The third-order valence-electron chi connectivity index (χ3n) is 12.2. The van der Waals surface area contributed by atoms with E-state index in [-0.39, 0.29) is 42.0 Å². The highest BCUT2D eigenvalue weighted by Crippen LogP contribution is 2.39. The maximum absolute atomic E-state index is 14.2. The van der Waals surface area contributed by atoms with Crippen LogP contribution in [-0.2, 0) is 45.4 Å². The van der Waals surface area contributed by atoms with Crippen molar-refractivity contribution in [3.63, 3.8) is 0 Å². The van der Waals surface area contributed by atoms with Crippen LogP contribution in [-0.4, -0.2) is 101 Å². The molecule has 4 aliphatic rings. The van der Waals surface area contributed by atoms with Gasteiger partial charge in [-0.2, -0.15) is 0 Å². The van der Waals surface area contributed by atoms with Crippen LogP contribution in [0.25, 0.3) is 21.9 Å². The van der Waals surface area contributed by atoms with Gasteiger partial charge in [0.25, 0.3) is 5.91 Å². The number of imide groups is 1. The summed E-state index contributed by atoms with van der Waals surface area (Å²) in [5.41, 5.74) is 6.16. The summed E-state index contributed by atoms with van der Waals surface area (Å²) < 4.78 is 12.2. The number of benzene rings is 4. The molecule has 15 heteroatoms. The first-order chi connectivity index (χ1) is 30.1. The van der Waals surface area contributed by atoms with Gasteiger partial charge in [0.2, 0.25) is 17.7 Å². The Bertz CT molecular complexity index is 2550. The molecule has 320 valence electrons. The molecular weight excluding hydrogens is 809 g/mol. The number of nitrogens with one attached hydrogen (secondary N) is 2. The predicted molar refractivity (Wildman–Crippen MR) is 234 cm³/mol. The number of fused-ring (bicyclic) bond motifs is 3. The molecule has 1 unspecified atom stereocenters. The molecule has 5 heterocycles. The number of anilines is 1. The lowest BCUT2D eigenvalue weighted by Gasteiger charge is -2.48. The molecule has 0 radical (unpaired) electrons. The highest BCUT2D eigenvalue weighted by atomic mass is 32.1. The van der Waals surface area contributed by atoms with Gasteiger partial charge in [-0.25, -0.2) is 4.79 Å². The molecule has 2 fully saturated rings. The van der Waals surface area contributed by atoms with E-state index in [9.17, 15) is 29.1 Å². The van der Waals surface area contributed by atoms with Crippen LogP contribution in [0.5, 0.6) is 11.5 Å². The lowest BCUT2D eigenvalue weighted by molar-refractivity contribution is -0.138. The van der Waals surface area contributed by atoms with Gasteiger partial charge in [0.1, 0.15) is 24.1 Å². The van der Waals surface area contributed by atoms with Crippen molar-refractivity contribution >= 4 is 57.5 Å². The average Bonchev–Trinajstić information content (AvgIpc) is 3.81. The molecule has 1 atom stereocenters. The zero-order valence-corrected chi connectivity index (χ0v) is 35.2. The number of carbonyl (C=O) groups excluding carboxylic acids is 5. The van der Waals surface area contributed by atoms with Crippen molar-refractivity contribution in [2.24, 2.45) is 0 Å². The molecule has 62 heavy (non-hydrogen) atoms. The molecular formula is C47H48N6O8S. The van der Waals surface area contributed by atoms with Crippen molar-refractivity contribution in [1.82, 2.24) is 25.3 Å². The molecule has 4 aliphatic heterocycles. The Hall–Kier alpha value is -6.29. The van der Waals surface area contributed by atoms with Crippen molar-refractivity contribution in [3.05, 3.63) is 111 Å². The summed E-state index contributed by atoms with van der Waals surface area (Å²) in [4.78, 5) is 71.5. The Morgan fingerprint density at radius 2 is 1.76 bits per heavy atom. The van der Waals surface area contributed by atoms with E-state index in [0.717, 1.165) is 49.2 Å². The van der Waals surface area contributed by atoms with Crippen molar-refractivity contribution in [2.45, 2.75) is 64.5 Å². The van der Waals surface area contributed by atoms with Crippen LogP contribution in [0.4, 0.5) is 10.5 Å². The van der Waals surface area contributed by atoms with Gasteiger partial charge in [-0.05, 0) is 69.8 Å². The van der Waals surface area contributed by atoms with E-state index in [1.54, 1.807) is 26.8 Å². The number of urea groups is 1. The highest BCUT2D eigenvalue weighted by Gasteiger charge is 2.42. The largest absolute Gasteiger partial charge is 0.508 e. The van der Waals surface area contributed by atoms with E-state index in [1.165, 1.54) is 11.3 Å². The number of phenols is 1. The minimum atomic E-state index is -0.646. The molecule has 1 aromatic heterocycles. The summed E-state index contributed by atoms with van der Waals surface area (Å²) in [6, 6.07) is 24.6. The number of nitrogens with zero attached hydrogens (tertiary/aromatic N) is 4. The summed E-state index contributed by atoms with van der Waals surface area (Å²) in [5.74, 6) is 0.0502. The van der Waals surface area contributed by atoms with Crippen molar-refractivity contribution < 1.29 is 38.6 Å². The van der Waals surface area contributed by atoms with Crippen LogP contribution < -0.4 is 20.3 Å².